The number of benzene rings is 1. The van der Waals surface area contributed by atoms with Gasteiger partial charge in [-0.05, 0) is 61.5 Å². The zero-order chi connectivity index (χ0) is 14.4. The minimum atomic E-state index is -0.174. The minimum absolute atomic E-state index is 0.174. The van der Waals surface area contributed by atoms with Crippen LogP contribution >= 0.6 is 12.2 Å². The number of imidazole rings is 1. The van der Waals surface area contributed by atoms with E-state index < -0.39 is 0 Å². The molecule has 1 N–H and O–H groups in total. The Kier molecular flexibility index (Phi) is 3.44. The van der Waals surface area contributed by atoms with Crippen molar-refractivity contribution in [1.29, 1.82) is 0 Å². The molecule has 3 unspecified atom stereocenters. The van der Waals surface area contributed by atoms with Gasteiger partial charge >= 0.3 is 0 Å². The van der Waals surface area contributed by atoms with Crippen LogP contribution in [0, 0.1) is 29.3 Å². The molecule has 0 radical (unpaired) electrons. The van der Waals surface area contributed by atoms with Crippen LogP contribution in [-0.4, -0.2) is 9.55 Å². The number of rotatable bonds is 2. The molecule has 2 nitrogen and oxygen atoms in total. The summed E-state index contributed by atoms with van der Waals surface area (Å²) in [6.45, 7) is 6.39. The van der Waals surface area contributed by atoms with Gasteiger partial charge in [0.25, 0.3) is 0 Å². The van der Waals surface area contributed by atoms with Crippen LogP contribution in [0.1, 0.15) is 44.7 Å². The van der Waals surface area contributed by atoms with Crippen molar-refractivity contribution in [2.75, 3.05) is 0 Å². The monoisotopic (exact) mass is 292 g/mol. The van der Waals surface area contributed by atoms with Crippen molar-refractivity contribution in [2.24, 2.45) is 11.8 Å². The molecule has 0 saturated heterocycles. The largest absolute Gasteiger partial charge is 0.330 e. The van der Waals surface area contributed by atoms with Crippen molar-refractivity contribution >= 4 is 23.3 Å². The predicted octanol–water partition coefficient (Wildman–Crippen LogP) is 5.14. The van der Waals surface area contributed by atoms with Crippen molar-refractivity contribution in [1.82, 2.24) is 9.55 Å². The number of aromatic amines is 1. The molecular weight excluding hydrogens is 271 g/mol. The SMILES string of the molecule is CCC1CCC(n2c(=S)[nH]c3cc(F)c(C)cc32)C1C. The van der Waals surface area contributed by atoms with Crippen LogP contribution in [0.2, 0.25) is 0 Å². The molecule has 1 aliphatic carbocycles. The van der Waals surface area contributed by atoms with Crippen LogP contribution < -0.4 is 0 Å². The minimum Gasteiger partial charge on any atom is -0.330 e. The van der Waals surface area contributed by atoms with Crippen molar-refractivity contribution in [3.63, 3.8) is 0 Å². The predicted molar refractivity (Wildman–Crippen MR) is 83.0 cm³/mol. The van der Waals surface area contributed by atoms with Gasteiger partial charge in [0.05, 0.1) is 11.0 Å². The fourth-order valence-corrected chi connectivity index (χ4v) is 4.09. The molecule has 20 heavy (non-hydrogen) atoms. The molecule has 1 fully saturated rings. The fourth-order valence-electron chi connectivity index (χ4n) is 3.74. The molecular formula is C16H21FN2S. The van der Waals surface area contributed by atoms with E-state index in [-0.39, 0.29) is 5.82 Å². The Hall–Kier alpha value is -1.16. The first-order valence-electron chi connectivity index (χ1n) is 7.43. The number of hydrogen-bond donors (Lipinski definition) is 1. The van der Waals surface area contributed by atoms with Gasteiger partial charge < -0.3 is 9.55 Å². The molecule has 4 heteroatoms. The number of hydrogen-bond acceptors (Lipinski definition) is 1. The molecule has 108 valence electrons. The second-order valence-corrected chi connectivity index (χ2v) is 6.48. The van der Waals surface area contributed by atoms with E-state index in [1.54, 1.807) is 6.07 Å². The first-order chi connectivity index (χ1) is 9.52. The number of nitrogens with one attached hydrogen (secondary N) is 1. The first kappa shape index (κ1) is 13.8. The maximum Gasteiger partial charge on any atom is 0.178 e. The summed E-state index contributed by atoms with van der Waals surface area (Å²) in [6.07, 6.45) is 3.65. The van der Waals surface area contributed by atoms with E-state index in [9.17, 15) is 4.39 Å². The van der Waals surface area contributed by atoms with Crippen LogP contribution in [-0.2, 0) is 0 Å². The summed E-state index contributed by atoms with van der Waals surface area (Å²) in [7, 11) is 0. The Morgan fingerprint density at radius 1 is 1.40 bits per heavy atom. The second-order valence-electron chi connectivity index (χ2n) is 6.09. The lowest BCUT2D eigenvalue weighted by Gasteiger charge is -2.22. The Balaban J connectivity index is 2.14. The van der Waals surface area contributed by atoms with Crippen LogP contribution in [0.15, 0.2) is 12.1 Å². The topological polar surface area (TPSA) is 20.7 Å². The summed E-state index contributed by atoms with van der Waals surface area (Å²) >= 11 is 5.49. The third kappa shape index (κ3) is 2.01. The van der Waals surface area contributed by atoms with Crippen molar-refractivity contribution in [2.45, 2.75) is 46.1 Å². The van der Waals surface area contributed by atoms with Crippen LogP contribution in [0.3, 0.4) is 0 Å². The van der Waals surface area contributed by atoms with Crippen molar-refractivity contribution in [3.8, 4) is 0 Å². The lowest BCUT2D eigenvalue weighted by atomic mass is 9.93. The maximum absolute atomic E-state index is 13.7. The quantitative estimate of drug-likeness (QED) is 0.760. The van der Waals surface area contributed by atoms with Gasteiger partial charge in [0.1, 0.15) is 5.82 Å². The number of aromatic nitrogens is 2. The van der Waals surface area contributed by atoms with E-state index in [1.165, 1.54) is 12.8 Å². The molecule has 0 amide bonds. The Morgan fingerprint density at radius 3 is 2.80 bits per heavy atom. The van der Waals surface area contributed by atoms with E-state index >= 15 is 0 Å². The molecule has 2 aromatic rings. The molecule has 0 aliphatic heterocycles. The van der Waals surface area contributed by atoms with Gasteiger partial charge in [-0.1, -0.05) is 20.3 Å². The Labute approximate surface area is 124 Å². The second kappa shape index (κ2) is 4.99. The highest BCUT2D eigenvalue weighted by Gasteiger charge is 2.33. The zero-order valence-corrected chi connectivity index (χ0v) is 13.1. The maximum atomic E-state index is 13.7. The third-order valence-corrected chi connectivity index (χ3v) is 5.34. The van der Waals surface area contributed by atoms with E-state index in [1.807, 2.05) is 13.0 Å². The Morgan fingerprint density at radius 2 is 2.15 bits per heavy atom. The zero-order valence-electron chi connectivity index (χ0n) is 12.2. The number of nitrogens with zero attached hydrogens (tertiary/aromatic N) is 1. The number of aryl methyl sites for hydroxylation is 1. The first-order valence-corrected chi connectivity index (χ1v) is 7.84. The van der Waals surface area contributed by atoms with E-state index in [0.29, 0.717) is 17.5 Å². The molecule has 1 aliphatic rings. The number of H-pyrrole nitrogens is 1. The summed E-state index contributed by atoms with van der Waals surface area (Å²) < 4.78 is 16.6. The third-order valence-electron chi connectivity index (χ3n) is 5.04. The number of fused-ring (bicyclic) bond motifs is 1. The van der Waals surface area contributed by atoms with Gasteiger partial charge in [0.15, 0.2) is 4.77 Å². The summed E-state index contributed by atoms with van der Waals surface area (Å²) in [6, 6.07) is 3.92. The van der Waals surface area contributed by atoms with Gasteiger partial charge in [0, 0.05) is 6.04 Å². The fraction of sp³-hybridized carbons (Fsp3) is 0.562. The van der Waals surface area contributed by atoms with Gasteiger partial charge in [-0.15, -0.1) is 0 Å². The highest BCUT2D eigenvalue weighted by Crippen LogP contribution is 2.43. The molecule has 1 saturated carbocycles. The van der Waals surface area contributed by atoms with Crippen LogP contribution in [0.25, 0.3) is 11.0 Å². The highest BCUT2D eigenvalue weighted by atomic mass is 32.1. The lowest BCUT2D eigenvalue weighted by molar-refractivity contribution is 0.332. The smallest absolute Gasteiger partial charge is 0.178 e. The van der Waals surface area contributed by atoms with Gasteiger partial charge in [-0.25, -0.2) is 4.39 Å². The van der Waals surface area contributed by atoms with Gasteiger partial charge in [-0.3, -0.25) is 0 Å². The highest BCUT2D eigenvalue weighted by molar-refractivity contribution is 7.71. The van der Waals surface area contributed by atoms with Crippen molar-refractivity contribution in [3.05, 3.63) is 28.3 Å². The van der Waals surface area contributed by atoms with E-state index in [4.69, 9.17) is 12.2 Å². The molecule has 0 spiro atoms. The number of halogens is 1. The van der Waals surface area contributed by atoms with Crippen molar-refractivity contribution < 1.29 is 4.39 Å². The van der Waals surface area contributed by atoms with E-state index in [0.717, 1.165) is 28.1 Å². The summed E-state index contributed by atoms with van der Waals surface area (Å²) in [5.74, 6) is 1.22. The molecule has 0 bridgehead atoms. The molecule has 3 atom stereocenters. The summed E-state index contributed by atoms with van der Waals surface area (Å²) in [5, 5.41) is 0. The standard InChI is InChI=1S/C16H21FN2S/c1-4-11-5-6-14(10(11)3)19-15-7-9(2)12(17)8-13(15)18-16(19)20/h7-8,10-11,14H,4-6H2,1-3H3,(H,18,20). The molecule has 1 heterocycles. The summed E-state index contributed by atoms with van der Waals surface area (Å²) in [4.78, 5) is 3.16. The van der Waals surface area contributed by atoms with Crippen LogP contribution in [0.4, 0.5) is 4.39 Å². The van der Waals surface area contributed by atoms with Gasteiger partial charge in [0.2, 0.25) is 0 Å². The van der Waals surface area contributed by atoms with Gasteiger partial charge in [-0.2, -0.15) is 0 Å². The average Bonchev–Trinajstić information content (AvgIpc) is 2.90. The average molecular weight is 292 g/mol. The Bertz CT molecular complexity index is 700. The lowest BCUT2D eigenvalue weighted by Crippen LogP contribution is -2.15. The molecule has 1 aromatic heterocycles. The molecule has 3 rings (SSSR count). The van der Waals surface area contributed by atoms with E-state index in [2.05, 4.69) is 23.4 Å². The normalized spacial score (nSPS) is 26.5. The summed E-state index contributed by atoms with van der Waals surface area (Å²) in [5.41, 5.74) is 2.53. The van der Waals surface area contributed by atoms with Crippen LogP contribution in [0.5, 0.6) is 0 Å². The molecule has 1 aromatic carbocycles.